The van der Waals surface area contributed by atoms with Crippen molar-refractivity contribution in [3.8, 4) is 0 Å². The van der Waals surface area contributed by atoms with Gasteiger partial charge in [0.15, 0.2) is 15.4 Å². The Morgan fingerprint density at radius 2 is 1.74 bits per heavy atom. The molecular weight excluding hydrogens is 329 g/mol. The lowest BCUT2D eigenvalue weighted by Crippen LogP contribution is -2.42. The number of nitrogens with one attached hydrogen (secondary N) is 1. The van der Waals surface area contributed by atoms with Crippen molar-refractivity contribution in [3.63, 3.8) is 0 Å². The molecule has 9 heteroatoms. The largest absolute Gasteiger partial charge is 0.419 e. The van der Waals surface area contributed by atoms with Crippen molar-refractivity contribution in [2.75, 3.05) is 11.6 Å². The topological polar surface area (TPSA) is 98.8 Å². The second-order valence-electron chi connectivity index (χ2n) is 5.29. The van der Waals surface area contributed by atoms with Crippen molar-refractivity contribution < 1.29 is 31.9 Å². The van der Waals surface area contributed by atoms with Crippen molar-refractivity contribution in [1.82, 2.24) is 0 Å². The van der Waals surface area contributed by atoms with Crippen LogP contribution in [0, 0.1) is 5.82 Å². The molecule has 0 unspecified atom stereocenters. The van der Waals surface area contributed by atoms with Gasteiger partial charge < -0.3 is 14.8 Å². The summed E-state index contributed by atoms with van der Waals surface area (Å²) in [5.74, 6) is -3.94. The van der Waals surface area contributed by atoms with Crippen LogP contribution in [-0.2, 0) is 28.9 Å². The molecule has 1 N–H and O–H groups in total. The first kappa shape index (κ1) is 16.9. The highest BCUT2D eigenvalue weighted by atomic mass is 32.2. The fourth-order valence-electron chi connectivity index (χ4n) is 1.87. The molecule has 0 radical (unpaired) electrons. The van der Waals surface area contributed by atoms with Gasteiger partial charge in [-0.25, -0.2) is 22.4 Å². The van der Waals surface area contributed by atoms with E-state index in [1.54, 1.807) is 0 Å². The van der Waals surface area contributed by atoms with Crippen LogP contribution in [0.5, 0.6) is 0 Å². The summed E-state index contributed by atoms with van der Waals surface area (Å²) in [7, 11) is -3.64. The molecule has 0 saturated carbocycles. The molecule has 0 atom stereocenters. The first-order valence-electron chi connectivity index (χ1n) is 6.42. The van der Waals surface area contributed by atoms with Crippen LogP contribution in [0.3, 0.4) is 0 Å². The third-order valence-electron chi connectivity index (χ3n) is 2.83. The van der Waals surface area contributed by atoms with Crippen molar-refractivity contribution >= 4 is 27.5 Å². The SMILES string of the molecule is CC1(C)OC(=O)C(=CNc2cc(F)ccc2S(C)(=O)=O)C(=O)O1. The number of esters is 2. The maximum absolute atomic E-state index is 13.3. The van der Waals surface area contributed by atoms with Crippen LogP contribution in [-0.4, -0.2) is 32.4 Å². The maximum Gasteiger partial charge on any atom is 0.350 e. The molecule has 1 fully saturated rings. The Labute approximate surface area is 132 Å². The molecule has 1 saturated heterocycles. The average molecular weight is 343 g/mol. The molecule has 1 aromatic carbocycles. The highest BCUT2D eigenvalue weighted by Gasteiger charge is 2.39. The molecule has 23 heavy (non-hydrogen) atoms. The molecular formula is C14H14FNO6S. The second-order valence-corrected chi connectivity index (χ2v) is 7.28. The van der Waals surface area contributed by atoms with E-state index in [9.17, 15) is 22.4 Å². The summed E-state index contributed by atoms with van der Waals surface area (Å²) in [5.41, 5.74) is -0.585. The molecule has 1 aliphatic heterocycles. The fourth-order valence-corrected chi connectivity index (χ4v) is 2.70. The van der Waals surface area contributed by atoms with Crippen LogP contribution in [0.4, 0.5) is 10.1 Å². The molecule has 0 spiro atoms. The Morgan fingerprint density at radius 1 is 1.17 bits per heavy atom. The summed E-state index contributed by atoms with van der Waals surface area (Å²) in [6, 6.07) is 2.99. The zero-order chi connectivity index (χ0) is 17.4. The van der Waals surface area contributed by atoms with Gasteiger partial charge in [-0.1, -0.05) is 0 Å². The van der Waals surface area contributed by atoms with Gasteiger partial charge in [-0.15, -0.1) is 0 Å². The van der Waals surface area contributed by atoms with Gasteiger partial charge in [0.1, 0.15) is 5.82 Å². The van der Waals surface area contributed by atoms with E-state index < -0.39 is 39.0 Å². The van der Waals surface area contributed by atoms with Crippen LogP contribution in [0.15, 0.2) is 34.9 Å². The number of carbonyl (C=O) groups excluding carboxylic acids is 2. The number of rotatable bonds is 3. The third kappa shape index (κ3) is 3.86. The fraction of sp³-hybridized carbons (Fsp3) is 0.286. The normalized spacial score (nSPS) is 17.3. The van der Waals surface area contributed by atoms with Crippen molar-refractivity contribution in [1.29, 1.82) is 0 Å². The molecule has 1 heterocycles. The first-order chi connectivity index (χ1) is 10.5. The van der Waals surface area contributed by atoms with E-state index in [1.165, 1.54) is 13.8 Å². The van der Waals surface area contributed by atoms with Crippen LogP contribution in [0.1, 0.15) is 13.8 Å². The van der Waals surface area contributed by atoms with Crippen LogP contribution in [0.2, 0.25) is 0 Å². The maximum atomic E-state index is 13.3. The Morgan fingerprint density at radius 3 is 2.26 bits per heavy atom. The monoisotopic (exact) mass is 343 g/mol. The van der Waals surface area contributed by atoms with E-state index in [4.69, 9.17) is 9.47 Å². The molecule has 1 aromatic rings. The summed E-state index contributed by atoms with van der Waals surface area (Å²) >= 11 is 0. The van der Waals surface area contributed by atoms with Gasteiger partial charge in [0.2, 0.25) is 0 Å². The summed E-state index contributed by atoms with van der Waals surface area (Å²) in [5, 5.41) is 2.44. The third-order valence-corrected chi connectivity index (χ3v) is 3.98. The number of hydrogen-bond donors (Lipinski definition) is 1. The zero-order valence-electron chi connectivity index (χ0n) is 12.5. The highest BCUT2D eigenvalue weighted by Crippen LogP contribution is 2.25. The van der Waals surface area contributed by atoms with E-state index in [-0.39, 0.29) is 10.6 Å². The minimum absolute atomic E-state index is 0.120. The van der Waals surface area contributed by atoms with Gasteiger partial charge in [0, 0.05) is 26.3 Å². The second kappa shape index (κ2) is 5.65. The molecule has 124 valence electrons. The number of benzene rings is 1. The Kier molecular flexibility index (Phi) is 4.16. The van der Waals surface area contributed by atoms with Crippen molar-refractivity contribution in [2.24, 2.45) is 0 Å². The molecule has 7 nitrogen and oxygen atoms in total. The van der Waals surface area contributed by atoms with E-state index in [0.717, 1.165) is 30.7 Å². The van der Waals surface area contributed by atoms with Gasteiger partial charge in [0.05, 0.1) is 10.6 Å². The number of carbonyl (C=O) groups is 2. The minimum Gasteiger partial charge on any atom is -0.419 e. The van der Waals surface area contributed by atoms with Crippen LogP contribution >= 0.6 is 0 Å². The number of cyclic esters (lactones) is 2. The molecule has 0 amide bonds. The number of sulfone groups is 1. The van der Waals surface area contributed by atoms with Gasteiger partial charge >= 0.3 is 11.9 Å². The molecule has 0 aromatic heterocycles. The van der Waals surface area contributed by atoms with Gasteiger partial charge in [-0.3, -0.25) is 0 Å². The van der Waals surface area contributed by atoms with Gasteiger partial charge in [-0.05, 0) is 18.2 Å². The van der Waals surface area contributed by atoms with Gasteiger partial charge in [-0.2, -0.15) is 0 Å². The van der Waals surface area contributed by atoms with E-state index in [1.807, 2.05) is 0 Å². The van der Waals surface area contributed by atoms with E-state index in [2.05, 4.69) is 5.32 Å². The standard InChI is InChI=1S/C14H14FNO6S/c1-14(2)21-12(17)9(13(18)22-14)7-16-10-6-8(15)4-5-11(10)23(3,19)20/h4-7,16H,1-3H3. The molecule has 0 bridgehead atoms. The molecule has 1 aliphatic rings. The van der Waals surface area contributed by atoms with Crippen LogP contribution in [0.25, 0.3) is 0 Å². The van der Waals surface area contributed by atoms with Gasteiger partial charge in [0.25, 0.3) is 5.79 Å². The lowest BCUT2D eigenvalue weighted by Gasteiger charge is -2.29. The number of ether oxygens (including phenoxy) is 2. The smallest absolute Gasteiger partial charge is 0.350 e. The quantitative estimate of drug-likeness (QED) is 0.383. The Bertz CT molecular complexity index is 791. The van der Waals surface area contributed by atoms with E-state index >= 15 is 0 Å². The predicted molar refractivity (Wildman–Crippen MR) is 77.5 cm³/mol. The van der Waals surface area contributed by atoms with Crippen LogP contribution < -0.4 is 5.32 Å². The average Bonchev–Trinajstić information content (AvgIpc) is 2.34. The Hall–Kier alpha value is -2.42. The number of anilines is 1. The minimum atomic E-state index is -3.64. The van der Waals surface area contributed by atoms with Crippen molar-refractivity contribution in [2.45, 2.75) is 24.5 Å². The number of halogens is 1. The lowest BCUT2D eigenvalue weighted by molar-refractivity contribution is -0.222. The number of hydrogen-bond acceptors (Lipinski definition) is 7. The molecule has 0 aliphatic carbocycles. The van der Waals surface area contributed by atoms with Crippen molar-refractivity contribution in [3.05, 3.63) is 35.8 Å². The summed E-state index contributed by atoms with van der Waals surface area (Å²) in [4.78, 5) is 23.3. The molecule has 2 rings (SSSR count). The summed E-state index contributed by atoms with van der Waals surface area (Å²) in [6.45, 7) is 2.78. The highest BCUT2D eigenvalue weighted by molar-refractivity contribution is 7.90. The summed E-state index contributed by atoms with van der Waals surface area (Å²) in [6.07, 6.45) is 1.87. The Balaban J connectivity index is 2.36. The predicted octanol–water partition coefficient (Wildman–Crippen LogP) is 1.36. The lowest BCUT2D eigenvalue weighted by atomic mass is 10.2. The summed E-state index contributed by atoms with van der Waals surface area (Å²) < 4.78 is 46.4. The first-order valence-corrected chi connectivity index (χ1v) is 8.32. The van der Waals surface area contributed by atoms with E-state index in [0.29, 0.717) is 0 Å². The zero-order valence-corrected chi connectivity index (χ0v) is 13.4.